The molecule has 20 heteroatoms. The summed E-state index contributed by atoms with van der Waals surface area (Å²) in [6, 6.07) is 15.4. The second-order valence-electron chi connectivity index (χ2n) is 9.42. The van der Waals surface area contributed by atoms with Gasteiger partial charge in [-0.25, -0.2) is 22.0 Å². The Morgan fingerprint density at radius 3 is 1.49 bits per heavy atom. The molecule has 0 atom stereocenters. The topological polar surface area (TPSA) is 244 Å². The number of halogens is 5. The summed E-state index contributed by atoms with van der Waals surface area (Å²) >= 11 is 0. The predicted octanol–water partition coefficient (Wildman–Crippen LogP) is 13.7. The Balaban J connectivity index is 0.000000330. The lowest BCUT2D eigenvalue weighted by Gasteiger charge is -2.04. The van der Waals surface area contributed by atoms with Crippen LogP contribution in [0.2, 0.25) is 0 Å². The summed E-state index contributed by atoms with van der Waals surface area (Å²) in [6.45, 7) is 8.27. The highest BCUT2D eigenvalue weighted by Gasteiger charge is 2.21. The van der Waals surface area contributed by atoms with Crippen molar-refractivity contribution >= 4 is 28.4 Å². The zero-order valence-electron chi connectivity index (χ0n) is 26.3. The van der Waals surface area contributed by atoms with E-state index >= 15 is 0 Å². The molecule has 0 unspecified atom stereocenters. The molecule has 0 aliphatic heterocycles. The molecule has 49 heavy (non-hydrogen) atoms. The SMILES string of the molecule is Cc1c(F)c(F)c(N=[N+]=[N-])c(F)c1F.Cc1cc(C)c(N=[N+]=[N-])c(N=[N+]=[N-])c1.Cc1ccc(N=[N+]=[N-])c(F)c1.Cc1cccc(N=[N+]=[N-])c1. The number of rotatable bonds is 5. The monoisotopic (exact) mass is 677 g/mol. The molecule has 250 valence electrons. The highest BCUT2D eigenvalue weighted by atomic mass is 19.2. The predicted molar refractivity (Wildman–Crippen MR) is 173 cm³/mol. The van der Waals surface area contributed by atoms with Crippen molar-refractivity contribution < 1.29 is 22.0 Å². The van der Waals surface area contributed by atoms with Crippen LogP contribution in [0.1, 0.15) is 27.8 Å². The molecule has 15 nitrogen and oxygen atoms in total. The van der Waals surface area contributed by atoms with Crippen LogP contribution in [0, 0.1) is 63.7 Å². The number of azide groups is 5. The lowest BCUT2D eigenvalue weighted by Crippen LogP contribution is -1.99. The van der Waals surface area contributed by atoms with Crippen molar-refractivity contribution in [1.29, 1.82) is 0 Å². The summed E-state index contributed by atoms with van der Waals surface area (Å²) in [7, 11) is 0. The Morgan fingerprint density at radius 2 is 0.980 bits per heavy atom. The van der Waals surface area contributed by atoms with E-state index in [0.717, 1.165) is 29.2 Å². The molecular weight excluding hydrogens is 653 g/mol. The molecule has 0 aliphatic carbocycles. The van der Waals surface area contributed by atoms with E-state index < -0.39 is 40.3 Å². The van der Waals surface area contributed by atoms with Gasteiger partial charge < -0.3 is 0 Å². The summed E-state index contributed by atoms with van der Waals surface area (Å²) < 4.78 is 64.0. The first-order valence-electron chi connectivity index (χ1n) is 13.3. The Morgan fingerprint density at radius 1 is 0.469 bits per heavy atom. The van der Waals surface area contributed by atoms with Crippen molar-refractivity contribution in [3.05, 3.63) is 164 Å². The quantitative estimate of drug-likeness (QED) is 0.0628. The third kappa shape index (κ3) is 12.4. The molecule has 4 rings (SSSR count). The maximum Gasteiger partial charge on any atom is 0.171 e. The van der Waals surface area contributed by atoms with Gasteiger partial charge in [0.2, 0.25) is 0 Å². The second-order valence-corrected chi connectivity index (χ2v) is 9.42. The molecule has 0 heterocycles. The summed E-state index contributed by atoms with van der Waals surface area (Å²) in [6.07, 6.45) is 0. The van der Waals surface area contributed by atoms with Gasteiger partial charge in [-0.1, -0.05) is 67.0 Å². The van der Waals surface area contributed by atoms with Crippen LogP contribution in [0.4, 0.5) is 50.4 Å². The molecule has 0 fully saturated rings. The molecular formula is C29H24F5N15. The van der Waals surface area contributed by atoms with Gasteiger partial charge in [0.15, 0.2) is 23.3 Å². The van der Waals surface area contributed by atoms with Gasteiger partial charge in [0, 0.05) is 47.2 Å². The summed E-state index contributed by atoms with van der Waals surface area (Å²) in [5.41, 5.74) is 43.6. The van der Waals surface area contributed by atoms with Crippen LogP contribution in [0.25, 0.3) is 52.2 Å². The Labute approximate surface area is 274 Å². The fourth-order valence-electron chi connectivity index (χ4n) is 3.58. The van der Waals surface area contributed by atoms with Crippen molar-refractivity contribution in [3.8, 4) is 0 Å². The minimum atomic E-state index is -1.70. The number of benzene rings is 4. The fourth-order valence-corrected chi connectivity index (χ4v) is 3.58. The highest BCUT2D eigenvalue weighted by Crippen LogP contribution is 2.33. The standard InChI is InChI=1S/C8H8N6.C7H3F4N3.C7H6FN3.C7H7N3/c1-5-3-6(2)8(12-14-10)7(4-5)11-13-9;1-2-3(8)5(10)7(13-14-12)6(11)4(2)9;1-5-2-3-7(10-11-9)6(8)4-5;1-6-3-2-4-7(5-6)9-10-8/h3-4H,1-2H3;1H3;2-4H,1H3;2-5H,1H3. The smallest absolute Gasteiger partial charge is 0.171 e. The van der Waals surface area contributed by atoms with E-state index in [2.05, 4.69) is 50.1 Å². The summed E-state index contributed by atoms with van der Waals surface area (Å²) in [5.74, 6) is -7.00. The summed E-state index contributed by atoms with van der Waals surface area (Å²) in [5, 5.41) is 16.1. The molecule has 0 aromatic heterocycles. The normalized spacial score (nSPS) is 9.02. The van der Waals surface area contributed by atoms with Crippen LogP contribution in [0.15, 0.2) is 80.2 Å². The van der Waals surface area contributed by atoms with Crippen molar-refractivity contribution in [1.82, 2.24) is 0 Å². The first-order valence-corrected chi connectivity index (χ1v) is 13.3. The maximum absolute atomic E-state index is 12.8. The molecule has 0 saturated heterocycles. The largest absolute Gasteiger partial charge is 0.206 e. The van der Waals surface area contributed by atoms with Crippen LogP contribution in [-0.4, -0.2) is 0 Å². The molecule has 0 amide bonds. The first-order chi connectivity index (χ1) is 23.2. The van der Waals surface area contributed by atoms with Gasteiger partial charge in [-0.2, -0.15) is 0 Å². The molecule has 0 aliphatic rings. The van der Waals surface area contributed by atoms with Crippen molar-refractivity contribution in [2.24, 2.45) is 25.6 Å². The zero-order chi connectivity index (χ0) is 37.1. The molecule has 4 aromatic rings. The van der Waals surface area contributed by atoms with E-state index in [0.29, 0.717) is 17.1 Å². The van der Waals surface area contributed by atoms with Gasteiger partial charge in [0.1, 0.15) is 11.5 Å². The molecule has 0 radical (unpaired) electrons. The number of hydrogen-bond donors (Lipinski definition) is 0. The van der Waals surface area contributed by atoms with Gasteiger partial charge in [-0.15, -0.1) is 0 Å². The van der Waals surface area contributed by atoms with Crippen LogP contribution in [0.5, 0.6) is 0 Å². The van der Waals surface area contributed by atoms with E-state index in [1.165, 1.54) is 12.1 Å². The molecule has 4 aromatic carbocycles. The zero-order valence-corrected chi connectivity index (χ0v) is 26.3. The van der Waals surface area contributed by atoms with Gasteiger partial charge in [0.25, 0.3) is 0 Å². The number of nitrogens with zero attached hydrogens (tertiary/aromatic N) is 15. The second kappa shape index (κ2) is 20.3. The van der Waals surface area contributed by atoms with Gasteiger partial charge in [-0.3, -0.25) is 0 Å². The number of hydrogen-bond acceptors (Lipinski definition) is 5. The number of aryl methyl sites for hydroxylation is 4. The van der Waals surface area contributed by atoms with E-state index in [4.69, 9.17) is 27.7 Å². The molecule has 0 N–H and O–H groups in total. The van der Waals surface area contributed by atoms with E-state index in [1.807, 2.05) is 38.1 Å². The summed E-state index contributed by atoms with van der Waals surface area (Å²) in [4.78, 5) is 12.6. The highest BCUT2D eigenvalue weighted by molar-refractivity contribution is 5.67. The van der Waals surface area contributed by atoms with Gasteiger partial charge in [0.05, 0.1) is 5.69 Å². The Kier molecular flexibility index (Phi) is 16.6. The van der Waals surface area contributed by atoms with Gasteiger partial charge >= 0.3 is 0 Å². The van der Waals surface area contributed by atoms with Gasteiger partial charge in [-0.05, 0) is 97.7 Å². The van der Waals surface area contributed by atoms with Crippen LogP contribution >= 0.6 is 0 Å². The molecule has 0 saturated carbocycles. The van der Waals surface area contributed by atoms with E-state index in [-0.39, 0.29) is 5.69 Å². The lowest BCUT2D eigenvalue weighted by molar-refractivity contribution is 0.448. The van der Waals surface area contributed by atoms with Crippen molar-refractivity contribution in [2.75, 3.05) is 0 Å². The fraction of sp³-hybridized carbons (Fsp3) is 0.172. The van der Waals surface area contributed by atoms with Crippen molar-refractivity contribution in [3.63, 3.8) is 0 Å². The molecule has 0 bridgehead atoms. The van der Waals surface area contributed by atoms with Crippen LogP contribution < -0.4 is 0 Å². The average molecular weight is 678 g/mol. The minimum absolute atomic E-state index is 0.0399. The third-order valence-corrected chi connectivity index (χ3v) is 5.74. The van der Waals surface area contributed by atoms with E-state index in [1.54, 1.807) is 32.0 Å². The lowest BCUT2D eigenvalue weighted by atomic mass is 10.1. The van der Waals surface area contributed by atoms with Crippen LogP contribution in [-0.2, 0) is 0 Å². The minimum Gasteiger partial charge on any atom is -0.206 e. The molecule has 0 spiro atoms. The Hall–Kier alpha value is -6.92. The Bertz CT molecular complexity index is 2040. The van der Waals surface area contributed by atoms with E-state index in [9.17, 15) is 22.0 Å². The van der Waals surface area contributed by atoms with Crippen LogP contribution in [0.3, 0.4) is 0 Å². The maximum atomic E-state index is 12.8. The third-order valence-electron chi connectivity index (χ3n) is 5.74. The average Bonchev–Trinajstić information content (AvgIpc) is 3.05. The first kappa shape index (κ1) is 40.1. The van der Waals surface area contributed by atoms with Crippen molar-refractivity contribution in [2.45, 2.75) is 34.6 Å².